The van der Waals surface area contributed by atoms with E-state index in [4.69, 9.17) is 14.9 Å². The fourth-order valence-corrected chi connectivity index (χ4v) is 2.45. The van der Waals surface area contributed by atoms with E-state index in [0.29, 0.717) is 49.0 Å². The molecule has 2 rings (SSSR count). The first-order chi connectivity index (χ1) is 14.1. The van der Waals surface area contributed by atoms with Gasteiger partial charge in [-0.25, -0.2) is 9.59 Å². The standard InChI is InChI=1S/C16H24N2O4.C4H4O4/c1-3-10(2)17-8-11(19)9-22-14-6-5-13(20)16-12(14)4-7-15(21)18-16;5-3(6)1-2-4(7)8/h5-6,10-11,17,19-20H,3-4,7-9H2,1-2H3,(H,18,21);1-2H,(H,5,6)(H,7,8)/b;2-1-. The van der Waals surface area contributed by atoms with Crippen molar-refractivity contribution in [1.82, 2.24) is 5.32 Å². The Kier molecular flexibility index (Phi) is 10.3. The monoisotopic (exact) mass is 424 g/mol. The number of aliphatic hydroxyl groups is 1. The van der Waals surface area contributed by atoms with Gasteiger partial charge in [-0.3, -0.25) is 4.79 Å². The molecule has 0 spiro atoms. The number of carbonyl (C=O) groups excluding carboxylic acids is 1. The molecule has 0 aromatic heterocycles. The van der Waals surface area contributed by atoms with Crippen LogP contribution in [0.2, 0.25) is 0 Å². The quantitative estimate of drug-likeness (QED) is 0.251. The number of phenols is 1. The summed E-state index contributed by atoms with van der Waals surface area (Å²) in [6, 6.07) is 3.51. The fraction of sp³-hybridized carbons (Fsp3) is 0.450. The first-order valence-corrected chi connectivity index (χ1v) is 9.46. The van der Waals surface area contributed by atoms with E-state index in [2.05, 4.69) is 24.5 Å². The zero-order valence-electron chi connectivity index (χ0n) is 16.9. The predicted octanol–water partition coefficient (Wildman–Crippen LogP) is 1.12. The van der Waals surface area contributed by atoms with Crippen LogP contribution < -0.4 is 15.4 Å². The van der Waals surface area contributed by atoms with E-state index < -0.39 is 18.0 Å². The molecule has 1 aliphatic rings. The molecule has 2 atom stereocenters. The number of amides is 1. The van der Waals surface area contributed by atoms with E-state index in [1.807, 2.05) is 0 Å². The Morgan fingerprint density at radius 3 is 2.43 bits per heavy atom. The van der Waals surface area contributed by atoms with E-state index in [-0.39, 0.29) is 18.3 Å². The summed E-state index contributed by atoms with van der Waals surface area (Å²) in [6.45, 7) is 4.77. The summed E-state index contributed by atoms with van der Waals surface area (Å²) in [5.41, 5.74) is 1.20. The molecule has 0 bridgehead atoms. The molecule has 10 nitrogen and oxygen atoms in total. The molecule has 10 heteroatoms. The molecule has 1 aromatic rings. The number of carboxylic acid groups (broad SMARTS) is 2. The van der Waals surface area contributed by atoms with Gasteiger partial charge < -0.3 is 35.8 Å². The molecule has 166 valence electrons. The summed E-state index contributed by atoms with van der Waals surface area (Å²) >= 11 is 0. The second-order valence-electron chi connectivity index (χ2n) is 6.68. The number of benzene rings is 1. The fourth-order valence-electron chi connectivity index (χ4n) is 2.45. The van der Waals surface area contributed by atoms with Gasteiger partial charge in [-0.1, -0.05) is 6.92 Å². The van der Waals surface area contributed by atoms with Gasteiger partial charge in [0.25, 0.3) is 0 Å². The van der Waals surface area contributed by atoms with Crippen LogP contribution in [-0.2, 0) is 20.8 Å². The van der Waals surface area contributed by atoms with Crippen LogP contribution in [0.3, 0.4) is 0 Å². The third kappa shape index (κ3) is 8.93. The topological polar surface area (TPSA) is 165 Å². The van der Waals surface area contributed by atoms with Crippen molar-refractivity contribution < 1.29 is 39.5 Å². The first kappa shape index (κ1) is 24.9. The van der Waals surface area contributed by atoms with Gasteiger partial charge in [0.1, 0.15) is 24.2 Å². The molecule has 0 fully saturated rings. The SMILES string of the molecule is CCC(C)NCC(O)COc1ccc(O)c2c1CCC(=O)N2.O=C(O)/C=C\C(=O)O. The largest absolute Gasteiger partial charge is 0.506 e. The van der Waals surface area contributed by atoms with Crippen LogP contribution in [0.5, 0.6) is 11.5 Å². The molecular formula is C20H28N2O8. The van der Waals surface area contributed by atoms with Gasteiger partial charge in [-0.2, -0.15) is 0 Å². The summed E-state index contributed by atoms with van der Waals surface area (Å²) in [4.78, 5) is 30.5. The summed E-state index contributed by atoms with van der Waals surface area (Å²) < 4.78 is 5.67. The highest BCUT2D eigenvalue weighted by atomic mass is 16.5. The number of phenolic OH excluding ortho intramolecular Hbond substituents is 1. The summed E-state index contributed by atoms with van der Waals surface area (Å²) in [7, 11) is 0. The molecule has 1 aromatic carbocycles. The van der Waals surface area contributed by atoms with Crippen molar-refractivity contribution in [3.63, 3.8) is 0 Å². The van der Waals surface area contributed by atoms with Crippen LogP contribution in [0.15, 0.2) is 24.3 Å². The Morgan fingerprint density at radius 2 is 1.87 bits per heavy atom. The maximum atomic E-state index is 11.4. The van der Waals surface area contributed by atoms with Gasteiger partial charge in [0, 0.05) is 36.7 Å². The molecule has 0 radical (unpaired) electrons. The van der Waals surface area contributed by atoms with Crippen molar-refractivity contribution in [2.75, 3.05) is 18.5 Å². The van der Waals surface area contributed by atoms with Crippen molar-refractivity contribution in [1.29, 1.82) is 0 Å². The van der Waals surface area contributed by atoms with Crippen molar-refractivity contribution in [3.05, 3.63) is 29.8 Å². The number of ether oxygens (including phenoxy) is 1. The molecule has 0 saturated heterocycles. The normalized spacial score (nSPS) is 14.7. The van der Waals surface area contributed by atoms with Gasteiger partial charge in [0.2, 0.25) is 5.91 Å². The van der Waals surface area contributed by atoms with Crippen molar-refractivity contribution in [3.8, 4) is 11.5 Å². The Labute approximate surface area is 174 Å². The number of anilines is 1. The molecular weight excluding hydrogens is 396 g/mol. The average molecular weight is 424 g/mol. The lowest BCUT2D eigenvalue weighted by Gasteiger charge is -2.22. The third-order valence-electron chi connectivity index (χ3n) is 4.23. The maximum Gasteiger partial charge on any atom is 0.328 e. The predicted molar refractivity (Wildman–Crippen MR) is 109 cm³/mol. The van der Waals surface area contributed by atoms with E-state index >= 15 is 0 Å². The highest BCUT2D eigenvalue weighted by Gasteiger charge is 2.22. The van der Waals surface area contributed by atoms with Crippen molar-refractivity contribution in [2.24, 2.45) is 0 Å². The number of aliphatic hydroxyl groups excluding tert-OH is 1. The van der Waals surface area contributed by atoms with Gasteiger partial charge in [0.15, 0.2) is 0 Å². The Bertz CT molecular complexity index is 762. The Balaban J connectivity index is 0.000000479. The van der Waals surface area contributed by atoms with E-state index in [1.54, 1.807) is 6.07 Å². The van der Waals surface area contributed by atoms with Crippen LogP contribution in [0, 0.1) is 0 Å². The molecule has 0 aliphatic carbocycles. The number of rotatable bonds is 9. The molecule has 6 N–H and O–H groups in total. The summed E-state index contributed by atoms with van der Waals surface area (Å²) in [6.07, 6.45) is 2.39. The lowest BCUT2D eigenvalue weighted by Crippen LogP contribution is -2.36. The van der Waals surface area contributed by atoms with Gasteiger partial charge in [0.05, 0.1) is 5.69 Å². The van der Waals surface area contributed by atoms with Crippen molar-refractivity contribution >= 4 is 23.5 Å². The molecule has 2 unspecified atom stereocenters. The third-order valence-corrected chi connectivity index (χ3v) is 4.23. The second kappa shape index (κ2) is 12.5. The maximum absolute atomic E-state index is 11.4. The van der Waals surface area contributed by atoms with E-state index in [9.17, 15) is 24.6 Å². The number of hydrogen-bond donors (Lipinski definition) is 6. The van der Waals surface area contributed by atoms with Crippen LogP contribution in [0.1, 0.15) is 32.3 Å². The van der Waals surface area contributed by atoms with Gasteiger partial charge in [-0.05, 0) is 31.9 Å². The molecule has 1 heterocycles. The zero-order valence-corrected chi connectivity index (χ0v) is 16.9. The number of carbonyl (C=O) groups is 3. The van der Waals surface area contributed by atoms with Crippen LogP contribution in [0.4, 0.5) is 5.69 Å². The highest BCUT2D eigenvalue weighted by Crippen LogP contribution is 2.38. The molecule has 30 heavy (non-hydrogen) atoms. The zero-order chi connectivity index (χ0) is 22.7. The van der Waals surface area contributed by atoms with Gasteiger partial charge >= 0.3 is 11.9 Å². The number of nitrogens with one attached hydrogen (secondary N) is 2. The van der Waals surface area contributed by atoms with E-state index in [0.717, 1.165) is 12.0 Å². The number of aliphatic carboxylic acids is 2. The number of fused-ring (bicyclic) bond motifs is 1. The summed E-state index contributed by atoms with van der Waals surface area (Å²) in [5.74, 6) is -2.00. The minimum absolute atomic E-state index is 0.0365. The van der Waals surface area contributed by atoms with E-state index in [1.165, 1.54) is 6.07 Å². The number of aromatic hydroxyl groups is 1. The minimum Gasteiger partial charge on any atom is -0.506 e. The molecule has 0 saturated carbocycles. The molecule has 1 amide bonds. The van der Waals surface area contributed by atoms with Gasteiger partial charge in [-0.15, -0.1) is 0 Å². The lowest BCUT2D eigenvalue weighted by atomic mass is 10.0. The number of hydrogen-bond acceptors (Lipinski definition) is 7. The minimum atomic E-state index is -1.26. The van der Waals surface area contributed by atoms with Crippen LogP contribution in [-0.4, -0.2) is 63.6 Å². The first-order valence-electron chi connectivity index (χ1n) is 9.46. The lowest BCUT2D eigenvalue weighted by molar-refractivity contribution is -0.134. The highest BCUT2D eigenvalue weighted by molar-refractivity contribution is 5.96. The van der Waals surface area contributed by atoms with Crippen LogP contribution >= 0.6 is 0 Å². The average Bonchev–Trinajstić information content (AvgIpc) is 2.70. The smallest absolute Gasteiger partial charge is 0.328 e. The Morgan fingerprint density at radius 1 is 1.23 bits per heavy atom. The Hall–Kier alpha value is -3.11. The van der Waals surface area contributed by atoms with Crippen LogP contribution in [0.25, 0.3) is 0 Å². The number of carboxylic acids is 2. The van der Waals surface area contributed by atoms with Crippen molar-refractivity contribution in [2.45, 2.75) is 45.3 Å². The summed E-state index contributed by atoms with van der Waals surface area (Å²) in [5, 5.41) is 41.3. The molecule has 1 aliphatic heterocycles. The second-order valence-corrected chi connectivity index (χ2v) is 6.68.